The fraction of sp³-hybridized carbons (Fsp3) is 0.476. The van der Waals surface area contributed by atoms with Gasteiger partial charge in [-0.3, -0.25) is 9.59 Å². The maximum Gasteiger partial charge on any atom is 0.490 e. The number of amides is 1. The van der Waals surface area contributed by atoms with E-state index < -0.39 is 18.2 Å². The van der Waals surface area contributed by atoms with E-state index in [4.69, 9.17) is 15.6 Å². The first-order valence-corrected chi connectivity index (χ1v) is 9.67. The summed E-state index contributed by atoms with van der Waals surface area (Å²) in [4.78, 5) is 35.1. The average Bonchev–Trinajstić information content (AvgIpc) is 3.14. The van der Waals surface area contributed by atoms with E-state index in [0.717, 1.165) is 25.1 Å². The predicted octanol–water partition coefficient (Wildman–Crippen LogP) is 3.49. The number of halogens is 3. The van der Waals surface area contributed by atoms with Crippen molar-refractivity contribution >= 4 is 23.3 Å². The number of rotatable bonds is 7. The average molecular weight is 428 g/mol. The molecule has 0 aromatic heterocycles. The van der Waals surface area contributed by atoms with E-state index in [1.165, 1.54) is 5.56 Å². The van der Waals surface area contributed by atoms with E-state index in [-0.39, 0.29) is 17.6 Å². The molecule has 1 heterocycles. The van der Waals surface area contributed by atoms with Crippen LogP contribution in [0.3, 0.4) is 0 Å². The van der Waals surface area contributed by atoms with Gasteiger partial charge in [-0.25, -0.2) is 4.79 Å². The van der Waals surface area contributed by atoms with Crippen molar-refractivity contribution in [1.82, 2.24) is 0 Å². The number of nitrogens with two attached hydrogens (primary N) is 1. The first-order valence-electron chi connectivity index (χ1n) is 9.67. The number of hydrogen-bond donors (Lipinski definition) is 2. The summed E-state index contributed by atoms with van der Waals surface area (Å²) in [5, 5.41) is 7.12. The highest BCUT2D eigenvalue weighted by Gasteiger charge is 2.38. The summed E-state index contributed by atoms with van der Waals surface area (Å²) < 4.78 is 31.7. The summed E-state index contributed by atoms with van der Waals surface area (Å²) in [6.45, 7) is 4.65. The number of anilines is 1. The fourth-order valence-corrected chi connectivity index (χ4v) is 2.86. The van der Waals surface area contributed by atoms with E-state index in [9.17, 15) is 22.8 Å². The van der Waals surface area contributed by atoms with Crippen molar-refractivity contribution in [2.24, 2.45) is 11.7 Å². The topological polar surface area (TPSA) is 101 Å². The SMILES string of the molecule is CC[C@@H](/C=C/C(=O)N1CCc2ccccc21)CC(=O)[C@@H](N)CC.O=C(O)C(F)(F)F. The highest BCUT2D eigenvalue weighted by Crippen LogP contribution is 2.27. The Hall–Kier alpha value is -2.68. The zero-order chi connectivity index (χ0) is 22.9. The molecule has 1 aromatic carbocycles. The summed E-state index contributed by atoms with van der Waals surface area (Å²) in [5.74, 6) is -2.63. The number of carboxylic acids is 1. The molecule has 1 amide bonds. The third-order valence-electron chi connectivity index (χ3n) is 4.75. The zero-order valence-electron chi connectivity index (χ0n) is 17.0. The second kappa shape index (κ2) is 11.5. The molecule has 30 heavy (non-hydrogen) atoms. The van der Waals surface area contributed by atoms with Crippen LogP contribution >= 0.6 is 0 Å². The minimum atomic E-state index is -5.08. The van der Waals surface area contributed by atoms with E-state index in [1.807, 2.05) is 38.1 Å². The van der Waals surface area contributed by atoms with Crippen molar-refractivity contribution in [1.29, 1.82) is 0 Å². The van der Waals surface area contributed by atoms with Crippen LogP contribution in [0, 0.1) is 5.92 Å². The molecule has 9 heteroatoms. The Balaban J connectivity index is 0.000000553. The highest BCUT2D eigenvalue weighted by molar-refractivity contribution is 6.02. The van der Waals surface area contributed by atoms with Crippen LogP contribution < -0.4 is 10.6 Å². The van der Waals surface area contributed by atoms with E-state index in [0.29, 0.717) is 12.8 Å². The lowest BCUT2D eigenvalue weighted by molar-refractivity contribution is -0.192. The van der Waals surface area contributed by atoms with Crippen LogP contribution in [-0.2, 0) is 20.8 Å². The van der Waals surface area contributed by atoms with Gasteiger partial charge in [-0.05, 0) is 42.9 Å². The molecule has 0 radical (unpaired) electrons. The van der Waals surface area contributed by atoms with Crippen LogP contribution in [0.15, 0.2) is 36.4 Å². The molecule has 2 rings (SSSR count). The molecule has 1 aliphatic rings. The monoisotopic (exact) mass is 428 g/mol. The molecule has 0 saturated carbocycles. The first kappa shape index (κ1) is 25.4. The molecule has 0 saturated heterocycles. The molecule has 1 aliphatic heterocycles. The number of carbonyl (C=O) groups excluding carboxylic acids is 2. The summed E-state index contributed by atoms with van der Waals surface area (Å²) in [6.07, 6.45) is 1.18. The number of para-hydroxylation sites is 1. The Bertz CT molecular complexity index is 778. The van der Waals surface area contributed by atoms with Crippen LogP contribution in [-0.4, -0.2) is 41.5 Å². The number of carboxylic acid groups (broad SMARTS) is 1. The second-order valence-corrected chi connectivity index (χ2v) is 6.88. The normalized spacial score (nSPS) is 15.2. The molecule has 1 aromatic rings. The molecular formula is C21H27F3N2O4. The molecule has 166 valence electrons. The first-order chi connectivity index (χ1) is 14.0. The third-order valence-corrected chi connectivity index (χ3v) is 4.75. The molecular weight excluding hydrogens is 401 g/mol. The Morgan fingerprint density at radius 2 is 1.80 bits per heavy atom. The van der Waals surface area contributed by atoms with Gasteiger partial charge in [0.25, 0.3) is 5.91 Å². The van der Waals surface area contributed by atoms with Crippen molar-refractivity contribution in [2.45, 2.75) is 51.7 Å². The lowest BCUT2D eigenvalue weighted by Gasteiger charge is -2.16. The molecule has 6 nitrogen and oxygen atoms in total. The van der Waals surface area contributed by atoms with Crippen LogP contribution in [0.2, 0.25) is 0 Å². The number of ketones is 1. The van der Waals surface area contributed by atoms with Crippen molar-refractivity contribution in [3.8, 4) is 0 Å². The quantitative estimate of drug-likeness (QED) is 0.648. The van der Waals surface area contributed by atoms with Crippen molar-refractivity contribution in [3.05, 3.63) is 42.0 Å². The van der Waals surface area contributed by atoms with Gasteiger partial charge in [0, 0.05) is 18.7 Å². The van der Waals surface area contributed by atoms with Crippen molar-refractivity contribution in [3.63, 3.8) is 0 Å². The third kappa shape index (κ3) is 7.62. The number of allylic oxidation sites excluding steroid dienone is 1. The number of benzene rings is 1. The minimum Gasteiger partial charge on any atom is -0.475 e. The Labute approximate surface area is 173 Å². The largest absolute Gasteiger partial charge is 0.490 e. The van der Waals surface area contributed by atoms with Gasteiger partial charge in [0.15, 0.2) is 0 Å². The number of hydrogen-bond acceptors (Lipinski definition) is 4. The maximum absolute atomic E-state index is 12.4. The van der Waals surface area contributed by atoms with Crippen LogP contribution in [0.1, 0.15) is 38.7 Å². The van der Waals surface area contributed by atoms with Crippen LogP contribution in [0.4, 0.5) is 18.9 Å². The van der Waals surface area contributed by atoms with Gasteiger partial charge in [-0.2, -0.15) is 13.2 Å². The molecule has 0 spiro atoms. The number of nitrogens with zero attached hydrogens (tertiary/aromatic N) is 1. The number of alkyl halides is 3. The standard InChI is InChI=1S/C19H26N2O2.C2HF3O2/c1-3-14(13-18(22)16(20)4-2)9-10-19(23)21-12-11-15-7-5-6-8-17(15)21;3-2(4,5)1(6)7/h5-10,14,16H,3-4,11-13,20H2,1-2H3;(H,6,7)/b10-9+;/t14-,16-;/m0./s1. The summed E-state index contributed by atoms with van der Waals surface area (Å²) >= 11 is 0. The minimum absolute atomic E-state index is 0.0133. The second-order valence-electron chi connectivity index (χ2n) is 6.88. The van der Waals surface area contributed by atoms with Crippen LogP contribution in [0.25, 0.3) is 0 Å². The van der Waals surface area contributed by atoms with Gasteiger partial charge in [-0.1, -0.05) is 38.1 Å². The van der Waals surface area contributed by atoms with Crippen molar-refractivity contribution < 1.29 is 32.7 Å². The number of fused-ring (bicyclic) bond motifs is 1. The molecule has 0 bridgehead atoms. The van der Waals surface area contributed by atoms with E-state index in [2.05, 4.69) is 6.07 Å². The molecule has 0 fully saturated rings. The Kier molecular flexibility index (Phi) is 9.71. The summed E-state index contributed by atoms with van der Waals surface area (Å²) in [6, 6.07) is 7.60. The van der Waals surface area contributed by atoms with E-state index in [1.54, 1.807) is 11.0 Å². The van der Waals surface area contributed by atoms with Crippen molar-refractivity contribution in [2.75, 3.05) is 11.4 Å². The fourth-order valence-electron chi connectivity index (χ4n) is 2.86. The molecule has 0 unspecified atom stereocenters. The molecule has 0 aliphatic carbocycles. The Morgan fingerprint density at radius 3 is 2.33 bits per heavy atom. The summed E-state index contributed by atoms with van der Waals surface area (Å²) in [5.41, 5.74) is 7.99. The maximum atomic E-state index is 12.4. The lowest BCUT2D eigenvalue weighted by Crippen LogP contribution is -2.31. The highest BCUT2D eigenvalue weighted by atomic mass is 19.4. The lowest BCUT2D eigenvalue weighted by atomic mass is 9.95. The molecule has 3 N–H and O–H groups in total. The predicted molar refractivity (Wildman–Crippen MR) is 107 cm³/mol. The van der Waals surface area contributed by atoms with Crippen LogP contribution in [0.5, 0.6) is 0 Å². The van der Waals surface area contributed by atoms with Gasteiger partial charge in [0.1, 0.15) is 5.78 Å². The summed E-state index contributed by atoms with van der Waals surface area (Å²) in [7, 11) is 0. The smallest absolute Gasteiger partial charge is 0.475 e. The zero-order valence-corrected chi connectivity index (χ0v) is 17.0. The molecule has 2 atom stereocenters. The Morgan fingerprint density at radius 1 is 1.20 bits per heavy atom. The van der Waals surface area contributed by atoms with Gasteiger partial charge in [0.2, 0.25) is 0 Å². The van der Waals surface area contributed by atoms with Gasteiger partial charge >= 0.3 is 12.1 Å². The number of Topliss-reactive ketones (excluding diaryl/α,β-unsaturated/α-hetero) is 1. The van der Waals surface area contributed by atoms with Gasteiger partial charge < -0.3 is 15.7 Å². The number of aliphatic carboxylic acids is 1. The number of carbonyl (C=O) groups is 3. The van der Waals surface area contributed by atoms with Gasteiger partial charge in [0.05, 0.1) is 6.04 Å². The van der Waals surface area contributed by atoms with E-state index >= 15 is 0 Å². The van der Waals surface area contributed by atoms with Gasteiger partial charge in [-0.15, -0.1) is 0 Å².